The Labute approximate surface area is 172 Å². The van der Waals surface area contributed by atoms with Crippen molar-refractivity contribution in [1.29, 1.82) is 5.41 Å². The summed E-state index contributed by atoms with van der Waals surface area (Å²) in [5, 5.41) is 17.7. The highest BCUT2D eigenvalue weighted by molar-refractivity contribution is 7.71. The molecule has 0 saturated carbocycles. The van der Waals surface area contributed by atoms with Gasteiger partial charge in [-0.05, 0) is 55.5 Å². The molecule has 3 N–H and O–H groups in total. The van der Waals surface area contributed by atoms with Crippen molar-refractivity contribution in [2.75, 3.05) is 13.2 Å². The van der Waals surface area contributed by atoms with Gasteiger partial charge in [0.25, 0.3) is 0 Å². The molecule has 0 spiro atoms. The van der Waals surface area contributed by atoms with Gasteiger partial charge in [0.1, 0.15) is 17.0 Å². The van der Waals surface area contributed by atoms with E-state index >= 15 is 0 Å². The minimum absolute atomic E-state index is 0.0129. The van der Waals surface area contributed by atoms with Crippen LogP contribution in [0.1, 0.15) is 12.6 Å². The van der Waals surface area contributed by atoms with E-state index in [9.17, 15) is 5.11 Å². The van der Waals surface area contributed by atoms with Crippen LogP contribution in [0.4, 0.5) is 0 Å². The van der Waals surface area contributed by atoms with Crippen LogP contribution in [0.25, 0.3) is 28.2 Å². The summed E-state index contributed by atoms with van der Waals surface area (Å²) in [6, 6.07) is 17.1. The van der Waals surface area contributed by atoms with E-state index in [1.807, 2.05) is 61.5 Å². The van der Waals surface area contributed by atoms with E-state index < -0.39 is 6.61 Å². The van der Waals surface area contributed by atoms with Crippen LogP contribution in [0.15, 0.2) is 54.6 Å². The fraction of sp³-hybridized carbons (Fsp3) is 0.143. The van der Waals surface area contributed by atoms with Crippen molar-refractivity contribution in [2.24, 2.45) is 0 Å². The second-order valence-corrected chi connectivity index (χ2v) is 6.68. The van der Waals surface area contributed by atoms with Crippen molar-refractivity contribution in [3.63, 3.8) is 0 Å². The van der Waals surface area contributed by atoms with Crippen molar-refractivity contribution in [3.05, 3.63) is 65.1 Å². The first kappa shape index (κ1) is 19.0. The number of ether oxygens (including phenoxy) is 1. The van der Waals surface area contributed by atoms with Crippen LogP contribution in [0.2, 0.25) is 0 Å². The van der Waals surface area contributed by atoms with E-state index in [0.29, 0.717) is 34.1 Å². The minimum Gasteiger partial charge on any atom is -0.494 e. The Kier molecular flexibility index (Phi) is 5.20. The van der Waals surface area contributed by atoms with Crippen molar-refractivity contribution < 1.29 is 9.84 Å². The average molecular weight is 405 g/mol. The number of nitrogens with one attached hydrogen (secondary N) is 2. The van der Waals surface area contributed by atoms with E-state index in [1.165, 1.54) is 0 Å². The summed E-state index contributed by atoms with van der Waals surface area (Å²) >= 11 is 5.51. The number of aromatic nitrogens is 4. The predicted octanol–water partition coefficient (Wildman–Crippen LogP) is 3.90. The third kappa shape index (κ3) is 3.55. The molecule has 2 aromatic carbocycles. The molecule has 0 unspecified atom stereocenters. The Bertz CT molecular complexity index is 1230. The molecule has 29 heavy (non-hydrogen) atoms. The Morgan fingerprint density at radius 1 is 1.14 bits per heavy atom. The van der Waals surface area contributed by atoms with Gasteiger partial charge in [0.15, 0.2) is 16.2 Å². The number of para-hydroxylation sites is 1. The van der Waals surface area contributed by atoms with Gasteiger partial charge in [-0.15, -0.1) is 0 Å². The number of nitrogens with zero attached hydrogens (tertiary/aromatic N) is 3. The number of aromatic amines is 1. The summed E-state index contributed by atoms with van der Waals surface area (Å²) < 4.78 is 7.74. The molecule has 2 heterocycles. The number of benzene rings is 2. The number of aliphatic hydroxyl groups excluding tert-OH is 1. The first-order valence-electron chi connectivity index (χ1n) is 9.12. The molecule has 0 atom stereocenters. The van der Waals surface area contributed by atoms with Gasteiger partial charge in [0.05, 0.1) is 18.9 Å². The summed E-state index contributed by atoms with van der Waals surface area (Å²) in [5.74, 6) is 1.20. The summed E-state index contributed by atoms with van der Waals surface area (Å²) in [5.41, 5.74) is 3.00. The molecule has 0 aliphatic carbocycles. The number of H-pyrrole nitrogens is 1. The van der Waals surface area contributed by atoms with Crippen LogP contribution in [-0.4, -0.2) is 43.6 Å². The van der Waals surface area contributed by atoms with E-state index in [4.69, 9.17) is 27.3 Å². The Morgan fingerprint density at radius 2 is 1.86 bits per heavy atom. The summed E-state index contributed by atoms with van der Waals surface area (Å²) in [6.45, 7) is 2.08. The maximum Gasteiger partial charge on any atom is 0.184 e. The van der Waals surface area contributed by atoms with Crippen molar-refractivity contribution in [1.82, 2.24) is 19.5 Å². The van der Waals surface area contributed by atoms with Gasteiger partial charge < -0.3 is 20.2 Å². The lowest BCUT2D eigenvalue weighted by Crippen LogP contribution is -2.10. The number of rotatable bonds is 6. The van der Waals surface area contributed by atoms with Crippen LogP contribution in [0, 0.1) is 10.2 Å². The second-order valence-electron chi connectivity index (χ2n) is 6.29. The highest BCUT2D eigenvalue weighted by Gasteiger charge is 2.18. The zero-order chi connectivity index (χ0) is 20.4. The highest BCUT2D eigenvalue weighted by Crippen LogP contribution is 2.25. The number of aliphatic hydroxyl groups is 1. The Morgan fingerprint density at radius 3 is 2.52 bits per heavy atom. The van der Waals surface area contributed by atoms with Gasteiger partial charge in [-0.1, -0.05) is 18.2 Å². The van der Waals surface area contributed by atoms with Crippen molar-refractivity contribution >= 4 is 29.1 Å². The number of hydrogen-bond donors (Lipinski definition) is 3. The molecule has 0 aliphatic rings. The molecule has 146 valence electrons. The molecule has 0 bridgehead atoms. The lowest BCUT2D eigenvalue weighted by atomic mass is 10.1. The van der Waals surface area contributed by atoms with E-state index in [2.05, 4.69) is 9.97 Å². The highest BCUT2D eigenvalue weighted by atomic mass is 32.1. The maximum atomic E-state index is 9.55. The molecule has 4 aromatic rings. The van der Waals surface area contributed by atoms with Gasteiger partial charge in [-0.2, -0.15) is 0 Å². The average Bonchev–Trinajstić information content (AvgIpc) is 3.09. The summed E-state index contributed by atoms with van der Waals surface area (Å²) in [6.07, 6.45) is 0. The minimum atomic E-state index is -0.439. The normalized spacial score (nSPS) is 11.0. The fourth-order valence-corrected chi connectivity index (χ4v) is 3.38. The Hall–Kier alpha value is -3.36. The molecular weight excluding hydrogens is 386 g/mol. The predicted molar refractivity (Wildman–Crippen MR) is 115 cm³/mol. The summed E-state index contributed by atoms with van der Waals surface area (Å²) in [7, 11) is 0. The van der Waals surface area contributed by atoms with Gasteiger partial charge in [0.2, 0.25) is 0 Å². The third-order valence-electron chi connectivity index (χ3n) is 4.42. The molecule has 0 fully saturated rings. The molecule has 7 nitrogen and oxygen atoms in total. The summed E-state index contributed by atoms with van der Waals surface area (Å²) in [4.78, 5) is 12.4. The number of hydrogen-bond acceptors (Lipinski definition) is 6. The van der Waals surface area contributed by atoms with Gasteiger partial charge >= 0.3 is 0 Å². The molecule has 8 heteroatoms. The molecule has 0 radical (unpaired) electrons. The van der Waals surface area contributed by atoms with Crippen LogP contribution < -0.4 is 4.74 Å². The van der Waals surface area contributed by atoms with Crippen LogP contribution >= 0.6 is 12.2 Å². The standard InChI is InChI=1S/C21H19N5O2S/c1-2-28-15-10-8-13(9-11-15)19-23-17(16(22)12-27)18-20(25-19)26(21(29)24-18)14-6-4-3-5-7-14/h3-11,22,27H,2,12H2,1H3,(H,24,29). The first-order chi connectivity index (χ1) is 14.1. The zero-order valence-electron chi connectivity index (χ0n) is 15.7. The van der Waals surface area contributed by atoms with Crippen molar-refractivity contribution in [2.45, 2.75) is 6.92 Å². The van der Waals surface area contributed by atoms with Gasteiger partial charge in [0, 0.05) is 11.3 Å². The maximum absolute atomic E-state index is 9.55. The SMILES string of the molecule is CCOc1ccc(-c2nc(C(=N)CO)c3[nH]c(=S)n(-c4ccccc4)c3n2)cc1. The zero-order valence-corrected chi connectivity index (χ0v) is 16.5. The second kappa shape index (κ2) is 7.94. The monoisotopic (exact) mass is 405 g/mol. The first-order valence-corrected chi connectivity index (χ1v) is 9.53. The van der Waals surface area contributed by atoms with Crippen LogP contribution in [-0.2, 0) is 0 Å². The quantitative estimate of drug-likeness (QED) is 0.334. The molecular formula is C21H19N5O2S. The number of imidazole rings is 1. The molecule has 0 amide bonds. The molecule has 2 aromatic heterocycles. The van der Waals surface area contributed by atoms with E-state index in [-0.39, 0.29) is 5.71 Å². The Balaban J connectivity index is 1.96. The van der Waals surface area contributed by atoms with E-state index in [1.54, 1.807) is 4.57 Å². The fourth-order valence-electron chi connectivity index (χ4n) is 3.09. The topological polar surface area (TPSA) is 99.8 Å². The van der Waals surface area contributed by atoms with E-state index in [0.717, 1.165) is 17.0 Å². The number of fused-ring (bicyclic) bond motifs is 1. The molecule has 0 aliphatic heterocycles. The largest absolute Gasteiger partial charge is 0.494 e. The van der Waals surface area contributed by atoms with Gasteiger partial charge in [-0.25, -0.2) is 9.97 Å². The smallest absolute Gasteiger partial charge is 0.184 e. The van der Waals surface area contributed by atoms with Gasteiger partial charge in [-0.3, -0.25) is 4.57 Å². The lowest BCUT2D eigenvalue weighted by Gasteiger charge is -2.09. The molecule has 4 rings (SSSR count). The third-order valence-corrected chi connectivity index (χ3v) is 4.70. The van der Waals surface area contributed by atoms with Crippen LogP contribution in [0.5, 0.6) is 5.75 Å². The van der Waals surface area contributed by atoms with Crippen molar-refractivity contribution in [3.8, 4) is 22.8 Å². The van der Waals surface area contributed by atoms with Crippen LogP contribution in [0.3, 0.4) is 0 Å². The molecule has 0 saturated heterocycles. The lowest BCUT2D eigenvalue weighted by molar-refractivity contribution is 0.340.